The van der Waals surface area contributed by atoms with Gasteiger partial charge in [0.2, 0.25) is 0 Å². The van der Waals surface area contributed by atoms with Gasteiger partial charge in [0, 0.05) is 13.1 Å². The standard InChI is InChI=1S/C20H38N4/c1-2-3-4-5-6-7-8-12-16-22-17-13-18-24(23-21)19-20-14-10-9-11-15-20/h9-11,14-15,22-23H,2-8,12-13,16-19,21H2,1H3. The molecule has 0 spiro atoms. The van der Waals surface area contributed by atoms with Gasteiger partial charge in [-0.2, -0.15) is 5.53 Å². The van der Waals surface area contributed by atoms with E-state index in [0.717, 1.165) is 32.6 Å². The topological polar surface area (TPSA) is 53.3 Å². The fraction of sp³-hybridized carbons (Fsp3) is 0.700. The predicted octanol–water partition coefficient (Wildman–Crippen LogP) is 3.99. The van der Waals surface area contributed by atoms with Crippen LogP contribution < -0.4 is 16.7 Å². The maximum atomic E-state index is 5.62. The van der Waals surface area contributed by atoms with Crippen molar-refractivity contribution in [3.05, 3.63) is 35.9 Å². The molecule has 0 atom stereocenters. The average molecular weight is 335 g/mol. The van der Waals surface area contributed by atoms with E-state index in [0.29, 0.717) is 0 Å². The predicted molar refractivity (Wildman–Crippen MR) is 104 cm³/mol. The molecule has 0 heterocycles. The Morgan fingerprint density at radius 1 is 0.833 bits per heavy atom. The molecule has 138 valence electrons. The lowest BCUT2D eigenvalue weighted by Crippen LogP contribution is -2.43. The first-order chi connectivity index (χ1) is 11.9. The van der Waals surface area contributed by atoms with E-state index in [1.165, 1.54) is 56.9 Å². The Bertz CT molecular complexity index is 369. The summed E-state index contributed by atoms with van der Waals surface area (Å²) in [5, 5.41) is 5.61. The van der Waals surface area contributed by atoms with Crippen molar-refractivity contribution >= 4 is 0 Å². The van der Waals surface area contributed by atoms with Crippen molar-refractivity contribution in [1.29, 1.82) is 0 Å². The summed E-state index contributed by atoms with van der Waals surface area (Å²) in [4.78, 5) is 0. The van der Waals surface area contributed by atoms with Crippen LogP contribution in [0, 0.1) is 0 Å². The summed E-state index contributed by atoms with van der Waals surface area (Å²) < 4.78 is 0. The Balaban J connectivity index is 1.90. The molecule has 0 aliphatic rings. The molecular formula is C20H38N4. The summed E-state index contributed by atoms with van der Waals surface area (Å²) in [5.74, 6) is 5.62. The highest BCUT2D eigenvalue weighted by atomic mass is 15.6. The summed E-state index contributed by atoms with van der Waals surface area (Å²) in [6.07, 6.45) is 12.2. The van der Waals surface area contributed by atoms with Gasteiger partial charge in [-0.25, -0.2) is 5.01 Å². The summed E-state index contributed by atoms with van der Waals surface area (Å²) in [5.41, 5.74) is 4.08. The Morgan fingerprint density at radius 3 is 2.12 bits per heavy atom. The summed E-state index contributed by atoms with van der Waals surface area (Å²) >= 11 is 0. The first-order valence-corrected chi connectivity index (χ1v) is 9.82. The Labute approximate surface area is 149 Å². The number of unbranched alkanes of at least 4 members (excludes halogenated alkanes) is 7. The summed E-state index contributed by atoms with van der Waals surface area (Å²) in [6.45, 7) is 6.27. The largest absolute Gasteiger partial charge is 0.317 e. The van der Waals surface area contributed by atoms with Crippen LogP contribution in [0.5, 0.6) is 0 Å². The number of benzene rings is 1. The molecular weight excluding hydrogens is 296 g/mol. The average Bonchev–Trinajstić information content (AvgIpc) is 2.62. The molecule has 1 aromatic rings. The number of rotatable bonds is 16. The van der Waals surface area contributed by atoms with E-state index in [4.69, 9.17) is 5.84 Å². The van der Waals surface area contributed by atoms with Gasteiger partial charge in [-0.3, -0.25) is 5.84 Å². The minimum absolute atomic E-state index is 0.843. The second kappa shape index (κ2) is 15.6. The van der Waals surface area contributed by atoms with Gasteiger partial charge in [0.25, 0.3) is 0 Å². The van der Waals surface area contributed by atoms with Gasteiger partial charge < -0.3 is 5.32 Å². The molecule has 0 saturated carbocycles. The highest BCUT2D eigenvalue weighted by Gasteiger charge is 2.03. The van der Waals surface area contributed by atoms with E-state index in [1.54, 1.807) is 0 Å². The van der Waals surface area contributed by atoms with Crippen LogP contribution in [-0.2, 0) is 6.54 Å². The molecule has 0 aliphatic carbocycles. The van der Waals surface area contributed by atoms with Gasteiger partial charge >= 0.3 is 0 Å². The van der Waals surface area contributed by atoms with E-state index in [9.17, 15) is 0 Å². The molecule has 4 nitrogen and oxygen atoms in total. The van der Waals surface area contributed by atoms with Crippen LogP contribution in [-0.4, -0.2) is 24.6 Å². The number of hydrazine groups is 2. The quantitative estimate of drug-likeness (QED) is 0.243. The minimum atomic E-state index is 0.843. The number of nitrogens with two attached hydrogens (primary N) is 1. The van der Waals surface area contributed by atoms with Gasteiger partial charge in [0.05, 0.1) is 0 Å². The highest BCUT2D eigenvalue weighted by molar-refractivity contribution is 5.14. The molecule has 0 amide bonds. The first kappa shape index (κ1) is 21.1. The van der Waals surface area contributed by atoms with Crippen molar-refractivity contribution in [1.82, 2.24) is 15.9 Å². The van der Waals surface area contributed by atoms with Crippen molar-refractivity contribution in [3.8, 4) is 0 Å². The third kappa shape index (κ3) is 11.6. The Morgan fingerprint density at radius 2 is 1.46 bits per heavy atom. The maximum Gasteiger partial charge on any atom is 0.0394 e. The van der Waals surface area contributed by atoms with Crippen LogP contribution in [0.1, 0.15) is 70.3 Å². The SMILES string of the molecule is CCCCCCCCCCNCCCN(Cc1ccccc1)NN. The van der Waals surface area contributed by atoms with E-state index in [1.807, 2.05) is 6.07 Å². The lowest BCUT2D eigenvalue weighted by Gasteiger charge is -2.20. The van der Waals surface area contributed by atoms with E-state index < -0.39 is 0 Å². The second-order valence-corrected chi connectivity index (χ2v) is 6.61. The smallest absolute Gasteiger partial charge is 0.0394 e. The van der Waals surface area contributed by atoms with Crippen molar-refractivity contribution in [2.24, 2.45) is 5.84 Å². The zero-order chi connectivity index (χ0) is 17.3. The molecule has 1 rings (SSSR count). The molecule has 0 radical (unpaired) electrons. The van der Waals surface area contributed by atoms with Gasteiger partial charge in [-0.05, 0) is 31.5 Å². The zero-order valence-corrected chi connectivity index (χ0v) is 15.6. The third-order valence-electron chi connectivity index (χ3n) is 4.39. The molecule has 0 saturated heterocycles. The summed E-state index contributed by atoms with van der Waals surface area (Å²) in [6, 6.07) is 10.4. The highest BCUT2D eigenvalue weighted by Crippen LogP contribution is 2.08. The fourth-order valence-corrected chi connectivity index (χ4v) is 2.90. The number of hydrogen-bond donors (Lipinski definition) is 3. The van der Waals surface area contributed by atoms with Crippen molar-refractivity contribution < 1.29 is 0 Å². The molecule has 0 bridgehead atoms. The molecule has 0 fully saturated rings. The molecule has 0 aliphatic heterocycles. The molecule has 4 N–H and O–H groups in total. The van der Waals surface area contributed by atoms with Gasteiger partial charge in [-0.1, -0.05) is 82.2 Å². The van der Waals surface area contributed by atoms with E-state index in [2.05, 4.69) is 47.0 Å². The van der Waals surface area contributed by atoms with Crippen LogP contribution in [0.4, 0.5) is 0 Å². The Hall–Kier alpha value is -0.940. The van der Waals surface area contributed by atoms with E-state index >= 15 is 0 Å². The van der Waals surface area contributed by atoms with Crippen LogP contribution >= 0.6 is 0 Å². The maximum absolute atomic E-state index is 5.62. The van der Waals surface area contributed by atoms with Crippen molar-refractivity contribution in [2.45, 2.75) is 71.3 Å². The molecule has 24 heavy (non-hydrogen) atoms. The van der Waals surface area contributed by atoms with Gasteiger partial charge in [0.1, 0.15) is 0 Å². The first-order valence-electron chi connectivity index (χ1n) is 9.82. The van der Waals surface area contributed by atoms with Gasteiger partial charge in [0.15, 0.2) is 0 Å². The van der Waals surface area contributed by atoms with Gasteiger partial charge in [-0.15, -0.1) is 0 Å². The normalized spacial score (nSPS) is 11.3. The third-order valence-corrected chi connectivity index (χ3v) is 4.39. The monoisotopic (exact) mass is 334 g/mol. The number of nitrogens with one attached hydrogen (secondary N) is 2. The van der Waals surface area contributed by atoms with E-state index in [-0.39, 0.29) is 0 Å². The van der Waals surface area contributed by atoms with Crippen LogP contribution in [0.3, 0.4) is 0 Å². The lowest BCUT2D eigenvalue weighted by molar-refractivity contribution is 0.177. The number of nitrogens with zero attached hydrogens (tertiary/aromatic N) is 1. The molecule has 1 aromatic carbocycles. The Kier molecular flexibility index (Phi) is 13.7. The van der Waals surface area contributed by atoms with Crippen molar-refractivity contribution in [3.63, 3.8) is 0 Å². The lowest BCUT2D eigenvalue weighted by atomic mass is 10.1. The van der Waals surface area contributed by atoms with Crippen LogP contribution in [0.2, 0.25) is 0 Å². The molecule has 4 heteroatoms. The van der Waals surface area contributed by atoms with Crippen LogP contribution in [0.15, 0.2) is 30.3 Å². The summed E-state index contributed by atoms with van der Waals surface area (Å²) in [7, 11) is 0. The number of hydrogen-bond acceptors (Lipinski definition) is 4. The molecule has 0 aromatic heterocycles. The minimum Gasteiger partial charge on any atom is -0.317 e. The molecule has 0 unspecified atom stereocenters. The fourth-order valence-electron chi connectivity index (χ4n) is 2.90. The zero-order valence-electron chi connectivity index (χ0n) is 15.6. The van der Waals surface area contributed by atoms with Crippen molar-refractivity contribution in [2.75, 3.05) is 19.6 Å². The van der Waals surface area contributed by atoms with Crippen LogP contribution in [0.25, 0.3) is 0 Å². The second-order valence-electron chi connectivity index (χ2n) is 6.61.